The molecule has 0 aromatic heterocycles. The first kappa shape index (κ1) is 19.2. The van der Waals surface area contributed by atoms with Crippen LogP contribution in [-0.2, 0) is 19.7 Å². The number of hydrogen-bond donors (Lipinski definition) is 2. The molecule has 2 aromatic carbocycles. The van der Waals surface area contributed by atoms with Crippen molar-refractivity contribution in [1.82, 2.24) is 0 Å². The zero-order valence-electron chi connectivity index (χ0n) is 14.7. The summed E-state index contributed by atoms with van der Waals surface area (Å²) in [6.07, 6.45) is 1.19. The summed E-state index contributed by atoms with van der Waals surface area (Å²) in [5.74, 6) is -0.124. The van der Waals surface area contributed by atoms with Gasteiger partial charge in [0.1, 0.15) is 5.75 Å². The SMILES string of the molecule is NC(=O)COc1ccc(NC(=O)C2(c3ccc(Cl)cc3)CCOCC2)cc1. The van der Waals surface area contributed by atoms with E-state index >= 15 is 0 Å². The minimum Gasteiger partial charge on any atom is -0.484 e. The van der Waals surface area contributed by atoms with Gasteiger partial charge in [-0.3, -0.25) is 9.59 Å². The highest BCUT2D eigenvalue weighted by molar-refractivity contribution is 6.30. The quantitative estimate of drug-likeness (QED) is 0.796. The molecule has 1 aliphatic rings. The predicted molar refractivity (Wildman–Crippen MR) is 103 cm³/mol. The normalized spacial score (nSPS) is 15.7. The molecule has 0 saturated carbocycles. The van der Waals surface area contributed by atoms with Crippen molar-refractivity contribution in [1.29, 1.82) is 0 Å². The van der Waals surface area contributed by atoms with E-state index in [1.807, 2.05) is 12.1 Å². The van der Waals surface area contributed by atoms with E-state index in [0.29, 0.717) is 42.5 Å². The van der Waals surface area contributed by atoms with Crippen LogP contribution < -0.4 is 15.8 Å². The number of nitrogens with one attached hydrogen (secondary N) is 1. The Morgan fingerprint density at radius 3 is 2.30 bits per heavy atom. The molecule has 0 radical (unpaired) electrons. The first-order chi connectivity index (χ1) is 13.0. The summed E-state index contributed by atoms with van der Waals surface area (Å²) in [6, 6.07) is 14.2. The average Bonchev–Trinajstić information content (AvgIpc) is 2.68. The Morgan fingerprint density at radius 1 is 1.07 bits per heavy atom. The first-order valence-corrected chi connectivity index (χ1v) is 9.04. The second-order valence-corrected chi connectivity index (χ2v) is 6.87. The number of carbonyl (C=O) groups is 2. The minimum absolute atomic E-state index is 0.0843. The van der Waals surface area contributed by atoms with Gasteiger partial charge in [0.2, 0.25) is 5.91 Å². The van der Waals surface area contributed by atoms with Crippen molar-refractivity contribution in [2.45, 2.75) is 18.3 Å². The van der Waals surface area contributed by atoms with Gasteiger partial charge < -0.3 is 20.5 Å². The Bertz CT molecular complexity index is 800. The van der Waals surface area contributed by atoms with E-state index < -0.39 is 11.3 Å². The lowest BCUT2D eigenvalue weighted by atomic mass is 9.73. The predicted octanol–water partition coefficient (Wildman–Crippen LogP) is 2.89. The monoisotopic (exact) mass is 388 g/mol. The molecule has 142 valence electrons. The number of hydrogen-bond acceptors (Lipinski definition) is 4. The fraction of sp³-hybridized carbons (Fsp3) is 0.300. The molecule has 3 rings (SSSR count). The van der Waals surface area contributed by atoms with Crippen LogP contribution >= 0.6 is 11.6 Å². The van der Waals surface area contributed by atoms with E-state index in [0.717, 1.165) is 5.56 Å². The zero-order chi connectivity index (χ0) is 19.3. The summed E-state index contributed by atoms with van der Waals surface area (Å²) >= 11 is 6.00. The van der Waals surface area contributed by atoms with E-state index in [-0.39, 0.29) is 12.5 Å². The van der Waals surface area contributed by atoms with Crippen molar-refractivity contribution >= 4 is 29.1 Å². The number of anilines is 1. The molecule has 7 heteroatoms. The van der Waals surface area contributed by atoms with Gasteiger partial charge in [0, 0.05) is 23.9 Å². The van der Waals surface area contributed by atoms with Gasteiger partial charge in [0.25, 0.3) is 5.91 Å². The number of carbonyl (C=O) groups excluding carboxylic acids is 2. The summed E-state index contributed by atoms with van der Waals surface area (Å²) in [5.41, 5.74) is 5.97. The van der Waals surface area contributed by atoms with Gasteiger partial charge in [-0.05, 0) is 54.8 Å². The number of amides is 2. The summed E-state index contributed by atoms with van der Waals surface area (Å²) in [7, 11) is 0. The lowest BCUT2D eigenvalue weighted by Crippen LogP contribution is -2.44. The highest BCUT2D eigenvalue weighted by Gasteiger charge is 2.41. The average molecular weight is 389 g/mol. The fourth-order valence-corrected chi connectivity index (χ4v) is 3.30. The molecule has 27 heavy (non-hydrogen) atoms. The highest BCUT2D eigenvalue weighted by Crippen LogP contribution is 2.36. The van der Waals surface area contributed by atoms with Crippen LogP contribution in [0.5, 0.6) is 5.75 Å². The Morgan fingerprint density at radius 2 is 1.70 bits per heavy atom. The van der Waals surface area contributed by atoms with Crippen LogP contribution in [0.2, 0.25) is 5.02 Å². The van der Waals surface area contributed by atoms with Gasteiger partial charge in [-0.15, -0.1) is 0 Å². The van der Waals surface area contributed by atoms with Crippen LogP contribution in [0, 0.1) is 0 Å². The molecule has 0 aliphatic carbocycles. The van der Waals surface area contributed by atoms with Crippen LogP contribution in [-0.4, -0.2) is 31.6 Å². The smallest absolute Gasteiger partial charge is 0.255 e. The summed E-state index contributed by atoms with van der Waals surface area (Å²) in [5, 5.41) is 3.62. The standard InChI is InChI=1S/C20H21ClN2O4/c21-15-3-1-14(2-4-15)20(9-11-26-12-10-20)19(25)23-16-5-7-17(8-6-16)27-13-18(22)24/h1-8H,9-13H2,(H2,22,24)(H,23,25). The molecular formula is C20H21ClN2O4. The van der Waals surface area contributed by atoms with Gasteiger partial charge >= 0.3 is 0 Å². The molecule has 1 saturated heterocycles. The lowest BCUT2D eigenvalue weighted by molar-refractivity contribution is -0.125. The third-order valence-electron chi connectivity index (χ3n) is 4.67. The Hall–Kier alpha value is -2.57. The van der Waals surface area contributed by atoms with E-state index in [2.05, 4.69) is 5.32 Å². The van der Waals surface area contributed by atoms with Crippen LogP contribution in [0.4, 0.5) is 5.69 Å². The van der Waals surface area contributed by atoms with E-state index in [1.54, 1.807) is 36.4 Å². The highest BCUT2D eigenvalue weighted by atomic mass is 35.5. The first-order valence-electron chi connectivity index (χ1n) is 8.66. The molecule has 1 aliphatic heterocycles. The number of primary amides is 1. The van der Waals surface area contributed by atoms with E-state index in [9.17, 15) is 9.59 Å². The fourth-order valence-electron chi connectivity index (χ4n) is 3.18. The maximum atomic E-state index is 13.2. The van der Waals surface area contributed by atoms with Crippen LogP contribution in [0.3, 0.4) is 0 Å². The molecule has 0 bridgehead atoms. The molecule has 2 amide bonds. The number of benzene rings is 2. The number of ether oxygens (including phenoxy) is 2. The second-order valence-electron chi connectivity index (χ2n) is 6.43. The van der Waals surface area contributed by atoms with Gasteiger partial charge in [0.05, 0.1) is 5.41 Å². The molecule has 0 unspecified atom stereocenters. The Balaban J connectivity index is 1.77. The van der Waals surface area contributed by atoms with Crippen molar-refractivity contribution in [2.75, 3.05) is 25.1 Å². The van der Waals surface area contributed by atoms with Crippen molar-refractivity contribution in [2.24, 2.45) is 5.73 Å². The topological polar surface area (TPSA) is 90.7 Å². The number of nitrogens with two attached hydrogens (primary N) is 1. The maximum absolute atomic E-state index is 13.2. The van der Waals surface area contributed by atoms with Crippen molar-refractivity contribution in [3.05, 3.63) is 59.1 Å². The molecule has 0 atom stereocenters. The Labute approximate surface area is 162 Å². The van der Waals surface area contributed by atoms with Crippen LogP contribution in [0.15, 0.2) is 48.5 Å². The van der Waals surface area contributed by atoms with Crippen LogP contribution in [0.25, 0.3) is 0 Å². The van der Waals surface area contributed by atoms with Gasteiger partial charge in [-0.1, -0.05) is 23.7 Å². The van der Waals surface area contributed by atoms with Crippen molar-refractivity contribution in [3.63, 3.8) is 0 Å². The minimum atomic E-state index is -0.663. The summed E-state index contributed by atoms with van der Waals surface area (Å²) < 4.78 is 10.7. The third kappa shape index (κ3) is 4.59. The maximum Gasteiger partial charge on any atom is 0.255 e. The molecular weight excluding hydrogens is 368 g/mol. The van der Waals surface area contributed by atoms with Crippen molar-refractivity contribution in [3.8, 4) is 5.75 Å². The largest absolute Gasteiger partial charge is 0.484 e. The van der Waals surface area contributed by atoms with Gasteiger partial charge in [0.15, 0.2) is 6.61 Å². The molecule has 2 aromatic rings. The van der Waals surface area contributed by atoms with Crippen molar-refractivity contribution < 1.29 is 19.1 Å². The molecule has 6 nitrogen and oxygen atoms in total. The summed E-state index contributed by atoms with van der Waals surface area (Å²) in [4.78, 5) is 24.0. The van der Waals surface area contributed by atoms with Gasteiger partial charge in [-0.25, -0.2) is 0 Å². The lowest BCUT2D eigenvalue weighted by Gasteiger charge is -2.36. The number of rotatable bonds is 6. The van der Waals surface area contributed by atoms with Gasteiger partial charge in [-0.2, -0.15) is 0 Å². The third-order valence-corrected chi connectivity index (χ3v) is 4.92. The Kier molecular flexibility index (Phi) is 5.98. The molecule has 1 heterocycles. The number of halogens is 1. The van der Waals surface area contributed by atoms with E-state index in [1.165, 1.54) is 0 Å². The molecule has 3 N–H and O–H groups in total. The summed E-state index contributed by atoms with van der Waals surface area (Å²) in [6.45, 7) is 0.858. The molecule has 0 spiro atoms. The molecule has 1 fully saturated rings. The zero-order valence-corrected chi connectivity index (χ0v) is 15.5. The van der Waals surface area contributed by atoms with E-state index in [4.69, 9.17) is 26.8 Å². The van der Waals surface area contributed by atoms with Crippen LogP contribution in [0.1, 0.15) is 18.4 Å². The second kappa shape index (κ2) is 8.41.